The molecular weight excluding hydrogens is 490 g/mol. The minimum absolute atomic E-state index is 0.0154. The van der Waals surface area contributed by atoms with Crippen molar-refractivity contribution >= 4 is 46.4 Å². The summed E-state index contributed by atoms with van der Waals surface area (Å²) in [5.74, 6) is -0.849. The molecule has 2 heterocycles. The van der Waals surface area contributed by atoms with Crippen molar-refractivity contribution in [3.63, 3.8) is 0 Å². The molecule has 4 rings (SSSR count). The first-order chi connectivity index (χ1) is 16.7. The number of carboxylic acid groups (broad SMARTS) is 1. The van der Waals surface area contributed by atoms with Gasteiger partial charge in [-0.2, -0.15) is 0 Å². The molecule has 0 fully saturated rings. The molecule has 0 aliphatic carbocycles. The Bertz CT molecular complexity index is 1450. The Morgan fingerprint density at radius 1 is 1.03 bits per heavy atom. The summed E-state index contributed by atoms with van der Waals surface area (Å²) in [6, 6.07) is 14.8. The maximum Gasteiger partial charge on any atom is 0.345 e. The van der Waals surface area contributed by atoms with Crippen LogP contribution < -0.4 is 10.6 Å². The first kappa shape index (κ1) is 24.1. The Morgan fingerprint density at radius 2 is 1.80 bits per heavy atom. The second kappa shape index (κ2) is 10.1. The lowest BCUT2D eigenvalue weighted by molar-refractivity contribution is 0.0702. The lowest BCUT2D eigenvalue weighted by atomic mass is 10.0. The van der Waals surface area contributed by atoms with Gasteiger partial charge < -0.3 is 15.7 Å². The standard InChI is InChI=1S/C24H20ClN5O4S/c1-13-6-5-7-15(10-13)27-24(34)26-12-20-29-28-14(2)30(20)22-17(11-19(35-22)23(32)33)21(31)16-8-3-4-9-18(16)25/h3-11H,12H2,1-2H3,(H,32,33)(H2,26,27,34). The zero-order valence-electron chi connectivity index (χ0n) is 18.7. The quantitative estimate of drug-likeness (QED) is 0.306. The minimum Gasteiger partial charge on any atom is -0.477 e. The average Bonchev–Trinajstić information content (AvgIpc) is 3.41. The number of aromatic nitrogens is 3. The normalized spacial score (nSPS) is 10.7. The van der Waals surface area contributed by atoms with Gasteiger partial charge in [-0.3, -0.25) is 9.36 Å². The van der Waals surface area contributed by atoms with Crippen LogP contribution in [0.3, 0.4) is 0 Å². The summed E-state index contributed by atoms with van der Waals surface area (Å²) in [4.78, 5) is 37.4. The fourth-order valence-electron chi connectivity index (χ4n) is 3.45. The molecule has 0 aliphatic heterocycles. The molecule has 0 unspecified atom stereocenters. The smallest absolute Gasteiger partial charge is 0.345 e. The predicted octanol–water partition coefficient (Wildman–Crippen LogP) is 4.85. The number of ketones is 1. The van der Waals surface area contributed by atoms with E-state index in [1.54, 1.807) is 41.8 Å². The van der Waals surface area contributed by atoms with E-state index in [-0.39, 0.29) is 27.6 Å². The van der Waals surface area contributed by atoms with Gasteiger partial charge in [-0.15, -0.1) is 21.5 Å². The Morgan fingerprint density at radius 3 is 2.51 bits per heavy atom. The number of amides is 2. The van der Waals surface area contributed by atoms with Crippen LogP contribution >= 0.6 is 22.9 Å². The van der Waals surface area contributed by atoms with Crippen molar-refractivity contribution in [1.29, 1.82) is 0 Å². The third-order valence-electron chi connectivity index (χ3n) is 5.06. The second-order valence-corrected chi connectivity index (χ2v) is 9.06. The summed E-state index contributed by atoms with van der Waals surface area (Å²) in [7, 11) is 0. The van der Waals surface area contributed by atoms with Crippen molar-refractivity contribution in [1.82, 2.24) is 20.1 Å². The van der Waals surface area contributed by atoms with E-state index < -0.39 is 17.8 Å². The van der Waals surface area contributed by atoms with Gasteiger partial charge in [-0.05, 0) is 49.7 Å². The van der Waals surface area contributed by atoms with E-state index in [1.165, 1.54) is 6.07 Å². The van der Waals surface area contributed by atoms with Crippen LogP contribution in [0, 0.1) is 13.8 Å². The Labute approximate surface area is 209 Å². The van der Waals surface area contributed by atoms with Crippen molar-refractivity contribution in [3.8, 4) is 5.00 Å². The average molecular weight is 510 g/mol. The van der Waals surface area contributed by atoms with Gasteiger partial charge in [-0.25, -0.2) is 9.59 Å². The van der Waals surface area contributed by atoms with Crippen molar-refractivity contribution in [2.45, 2.75) is 20.4 Å². The SMILES string of the molecule is Cc1cccc(NC(=O)NCc2nnc(C)n2-c2sc(C(=O)O)cc2C(=O)c2ccccc2Cl)c1. The number of hydrogen-bond acceptors (Lipinski definition) is 6. The molecule has 35 heavy (non-hydrogen) atoms. The van der Waals surface area contributed by atoms with E-state index >= 15 is 0 Å². The molecule has 9 nitrogen and oxygen atoms in total. The van der Waals surface area contributed by atoms with Gasteiger partial charge in [-0.1, -0.05) is 35.9 Å². The highest BCUT2D eigenvalue weighted by Crippen LogP contribution is 2.32. The monoisotopic (exact) mass is 509 g/mol. The number of anilines is 1. The van der Waals surface area contributed by atoms with Crippen LogP contribution in [0.25, 0.3) is 5.00 Å². The molecule has 0 spiro atoms. The number of halogens is 1. The molecular formula is C24H20ClN5O4S. The third-order valence-corrected chi connectivity index (χ3v) is 6.50. The van der Waals surface area contributed by atoms with Gasteiger partial charge in [0.2, 0.25) is 0 Å². The minimum atomic E-state index is -1.17. The third kappa shape index (κ3) is 5.23. The molecule has 4 aromatic rings. The number of carboxylic acids is 1. The van der Waals surface area contributed by atoms with Crippen LogP contribution in [0.4, 0.5) is 10.5 Å². The van der Waals surface area contributed by atoms with Gasteiger partial charge in [0.05, 0.1) is 17.1 Å². The number of nitrogens with zero attached hydrogens (tertiary/aromatic N) is 3. The van der Waals surface area contributed by atoms with Crippen LogP contribution in [0.5, 0.6) is 0 Å². The van der Waals surface area contributed by atoms with Crippen LogP contribution in [0.15, 0.2) is 54.6 Å². The topological polar surface area (TPSA) is 126 Å². The van der Waals surface area contributed by atoms with Crippen molar-refractivity contribution in [3.05, 3.63) is 92.8 Å². The summed E-state index contributed by atoms with van der Waals surface area (Å²) in [6.45, 7) is 3.58. The van der Waals surface area contributed by atoms with Crippen LogP contribution in [-0.2, 0) is 6.54 Å². The highest BCUT2D eigenvalue weighted by atomic mass is 35.5. The molecule has 0 aliphatic rings. The lowest BCUT2D eigenvalue weighted by Gasteiger charge is -2.11. The molecule has 0 bridgehead atoms. The predicted molar refractivity (Wildman–Crippen MR) is 133 cm³/mol. The molecule has 3 N–H and O–H groups in total. The first-order valence-electron chi connectivity index (χ1n) is 10.4. The Balaban J connectivity index is 1.65. The van der Waals surface area contributed by atoms with Crippen molar-refractivity contribution in [2.75, 3.05) is 5.32 Å². The number of aryl methyl sites for hydroxylation is 2. The molecule has 2 aromatic carbocycles. The number of hydrogen-bond donors (Lipinski definition) is 3. The lowest BCUT2D eigenvalue weighted by Crippen LogP contribution is -2.29. The van der Waals surface area contributed by atoms with Gasteiger partial charge in [0.1, 0.15) is 15.7 Å². The van der Waals surface area contributed by atoms with Crippen LogP contribution in [0.2, 0.25) is 5.02 Å². The van der Waals surface area contributed by atoms with Gasteiger partial charge >= 0.3 is 12.0 Å². The maximum absolute atomic E-state index is 13.3. The number of benzene rings is 2. The Hall–Kier alpha value is -4.02. The van der Waals surface area contributed by atoms with E-state index in [1.807, 2.05) is 25.1 Å². The number of rotatable bonds is 7. The van der Waals surface area contributed by atoms with E-state index in [0.717, 1.165) is 16.9 Å². The zero-order valence-corrected chi connectivity index (χ0v) is 20.3. The molecule has 2 amide bonds. The summed E-state index contributed by atoms with van der Waals surface area (Å²) in [5.41, 5.74) is 2.03. The molecule has 11 heteroatoms. The molecule has 0 atom stereocenters. The number of carbonyl (C=O) groups is 3. The van der Waals surface area contributed by atoms with Crippen molar-refractivity contribution in [2.24, 2.45) is 0 Å². The van der Waals surface area contributed by atoms with Gasteiger partial charge in [0.15, 0.2) is 11.6 Å². The number of carbonyl (C=O) groups excluding carboxylic acids is 2. The van der Waals surface area contributed by atoms with E-state index in [2.05, 4.69) is 20.8 Å². The van der Waals surface area contributed by atoms with Crippen LogP contribution in [-0.4, -0.2) is 37.7 Å². The zero-order chi connectivity index (χ0) is 25.1. The summed E-state index contributed by atoms with van der Waals surface area (Å²) in [5, 5.41) is 23.8. The summed E-state index contributed by atoms with van der Waals surface area (Å²) >= 11 is 7.13. The van der Waals surface area contributed by atoms with E-state index in [0.29, 0.717) is 22.3 Å². The number of urea groups is 1. The van der Waals surface area contributed by atoms with Crippen molar-refractivity contribution < 1.29 is 19.5 Å². The Kier molecular flexibility index (Phi) is 6.94. The second-order valence-electron chi connectivity index (χ2n) is 7.62. The fourth-order valence-corrected chi connectivity index (χ4v) is 4.73. The summed E-state index contributed by atoms with van der Waals surface area (Å²) < 4.78 is 1.56. The number of nitrogens with one attached hydrogen (secondary N) is 2. The maximum atomic E-state index is 13.3. The van der Waals surface area contributed by atoms with Gasteiger partial charge in [0.25, 0.3) is 0 Å². The largest absolute Gasteiger partial charge is 0.477 e. The number of thiophene rings is 1. The van der Waals surface area contributed by atoms with E-state index in [4.69, 9.17) is 11.6 Å². The van der Waals surface area contributed by atoms with E-state index in [9.17, 15) is 19.5 Å². The number of aromatic carboxylic acids is 1. The molecule has 0 saturated heterocycles. The highest BCUT2D eigenvalue weighted by molar-refractivity contribution is 7.16. The molecule has 0 saturated carbocycles. The molecule has 2 aromatic heterocycles. The van der Waals surface area contributed by atoms with Crippen LogP contribution in [0.1, 0.15) is 42.8 Å². The first-order valence-corrected chi connectivity index (χ1v) is 11.6. The summed E-state index contributed by atoms with van der Waals surface area (Å²) in [6.07, 6.45) is 0. The fraction of sp³-hybridized carbons (Fsp3) is 0.125. The molecule has 178 valence electrons. The van der Waals surface area contributed by atoms with Gasteiger partial charge in [0, 0.05) is 11.3 Å². The molecule has 0 radical (unpaired) electrons. The highest BCUT2D eigenvalue weighted by Gasteiger charge is 2.26.